The number of hydrazine groups is 1. The molecule has 1 heterocycles. The summed E-state index contributed by atoms with van der Waals surface area (Å²) in [5, 5.41) is 12.7. The first-order chi connectivity index (χ1) is 13.8. The topological polar surface area (TPSA) is 82.6 Å². The molecule has 1 aliphatic heterocycles. The van der Waals surface area contributed by atoms with Gasteiger partial charge in [-0.3, -0.25) is 10.2 Å². The van der Waals surface area contributed by atoms with E-state index in [2.05, 4.69) is 16.2 Å². The van der Waals surface area contributed by atoms with Gasteiger partial charge in [-0.05, 0) is 23.8 Å². The van der Waals surface area contributed by atoms with Crippen LogP contribution in [0.2, 0.25) is 0 Å². The number of alkyl halides is 3. The van der Waals surface area contributed by atoms with Crippen LogP contribution >= 0.6 is 0 Å². The van der Waals surface area contributed by atoms with Crippen molar-refractivity contribution in [3.8, 4) is 5.75 Å². The summed E-state index contributed by atoms with van der Waals surface area (Å²) in [6, 6.07) is 13.7. The van der Waals surface area contributed by atoms with Crippen LogP contribution < -0.4 is 20.9 Å². The molecule has 29 heavy (non-hydrogen) atoms. The van der Waals surface area contributed by atoms with Gasteiger partial charge in [0.2, 0.25) is 5.91 Å². The molecule has 3 rings (SSSR count). The molecule has 0 bridgehead atoms. The van der Waals surface area contributed by atoms with Crippen molar-refractivity contribution in [1.82, 2.24) is 16.2 Å². The number of halogens is 3. The van der Waals surface area contributed by atoms with Crippen LogP contribution in [0.5, 0.6) is 5.75 Å². The Balaban J connectivity index is 1.48. The zero-order valence-electron chi connectivity index (χ0n) is 15.4. The van der Waals surface area contributed by atoms with E-state index in [0.717, 1.165) is 17.7 Å². The number of aliphatic hydroxyl groups excluding tert-OH is 1. The summed E-state index contributed by atoms with van der Waals surface area (Å²) >= 11 is 0. The number of amides is 1. The number of hydrogen-bond donors (Lipinski definition) is 4. The standard InChI is InChI=1S/C20H22F3N3O3/c21-20(22,23)14-7-4-8-16(9-14)29-12-15(27)10-24-19(28)17-11-25-26-18(17)13-5-2-1-3-6-13/h1-9,15,17-18,25-27H,10-12H2,(H,24,28). The summed E-state index contributed by atoms with van der Waals surface area (Å²) < 4.78 is 43.4. The van der Waals surface area contributed by atoms with Gasteiger partial charge in [0.1, 0.15) is 18.5 Å². The lowest BCUT2D eigenvalue weighted by molar-refractivity contribution is -0.137. The van der Waals surface area contributed by atoms with E-state index in [1.54, 1.807) is 0 Å². The minimum Gasteiger partial charge on any atom is -0.491 e. The summed E-state index contributed by atoms with van der Waals surface area (Å²) in [7, 11) is 0. The van der Waals surface area contributed by atoms with Gasteiger partial charge in [0.05, 0.1) is 17.5 Å². The summed E-state index contributed by atoms with van der Waals surface area (Å²) in [5.41, 5.74) is 6.17. The maximum absolute atomic E-state index is 12.7. The van der Waals surface area contributed by atoms with Crippen LogP contribution in [-0.2, 0) is 11.0 Å². The van der Waals surface area contributed by atoms with Crippen LogP contribution in [-0.4, -0.2) is 36.8 Å². The van der Waals surface area contributed by atoms with Crippen LogP contribution in [0.3, 0.4) is 0 Å². The van der Waals surface area contributed by atoms with Crippen molar-refractivity contribution in [2.75, 3.05) is 19.7 Å². The third kappa shape index (κ3) is 5.69. The fourth-order valence-electron chi connectivity index (χ4n) is 3.08. The largest absolute Gasteiger partial charge is 0.491 e. The molecule has 1 aliphatic rings. The van der Waals surface area contributed by atoms with Gasteiger partial charge in [-0.2, -0.15) is 13.2 Å². The minimum absolute atomic E-state index is 0.00136. The molecule has 4 N–H and O–H groups in total. The molecule has 2 aromatic carbocycles. The fourth-order valence-corrected chi connectivity index (χ4v) is 3.08. The van der Waals surface area contributed by atoms with Gasteiger partial charge in [0, 0.05) is 13.1 Å². The summed E-state index contributed by atoms with van der Waals surface area (Å²) in [4.78, 5) is 12.5. The Kier molecular flexibility index (Phi) is 6.73. The molecule has 3 atom stereocenters. The lowest BCUT2D eigenvalue weighted by Gasteiger charge is -2.20. The third-order valence-electron chi connectivity index (χ3n) is 4.59. The van der Waals surface area contributed by atoms with Crippen LogP contribution in [0.1, 0.15) is 17.2 Å². The van der Waals surface area contributed by atoms with Crippen molar-refractivity contribution in [2.45, 2.75) is 18.3 Å². The van der Waals surface area contributed by atoms with Crippen molar-refractivity contribution < 1.29 is 27.8 Å². The van der Waals surface area contributed by atoms with Gasteiger partial charge < -0.3 is 15.2 Å². The lowest BCUT2D eigenvalue weighted by Crippen LogP contribution is -2.40. The van der Waals surface area contributed by atoms with Crippen LogP contribution in [0, 0.1) is 5.92 Å². The second-order valence-corrected chi connectivity index (χ2v) is 6.76. The molecule has 1 fully saturated rings. The average Bonchev–Trinajstić information content (AvgIpc) is 3.21. The fraction of sp³-hybridized carbons (Fsp3) is 0.350. The highest BCUT2D eigenvalue weighted by atomic mass is 19.4. The zero-order chi connectivity index (χ0) is 20.9. The van der Waals surface area contributed by atoms with Gasteiger partial charge in [0.15, 0.2) is 0 Å². The van der Waals surface area contributed by atoms with Crippen LogP contribution in [0.15, 0.2) is 54.6 Å². The van der Waals surface area contributed by atoms with E-state index in [4.69, 9.17) is 4.74 Å². The highest BCUT2D eigenvalue weighted by Gasteiger charge is 2.34. The van der Waals surface area contributed by atoms with Crippen LogP contribution in [0.4, 0.5) is 13.2 Å². The number of hydrogen-bond acceptors (Lipinski definition) is 5. The molecular formula is C20H22F3N3O3. The van der Waals surface area contributed by atoms with Gasteiger partial charge in [-0.1, -0.05) is 36.4 Å². The van der Waals surface area contributed by atoms with Gasteiger partial charge in [0.25, 0.3) is 0 Å². The summed E-state index contributed by atoms with van der Waals surface area (Å²) in [6.45, 7) is 0.114. The quantitative estimate of drug-likeness (QED) is 0.563. The lowest BCUT2D eigenvalue weighted by atomic mass is 9.94. The molecule has 0 radical (unpaired) electrons. The SMILES string of the molecule is O=C(NCC(O)COc1cccc(C(F)(F)F)c1)C1CNNC1c1ccccc1. The van der Waals surface area contributed by atoms with Crippen molar-refractivity contribution in [3.05, 3.63) is 65.7 Å². The summed E-state index contributed by atoms with van der Waals surface area (Å²) in [5.74, 6) is -0.609. The average molecular weight is 409 g/mol. The number of benzene rings is 2. The van der Waals surface area contributed by atoms with E-state index in [1.807, 2.05) is 30.3 Å². The molecule has 9 heteroatoms. The molecule has 0 aliphatic carbocycles. The number of rotatable bonds is 7. The second kappa shape index (κ2) is 9.25. The molecule has 1 saturated heterocycles. The van der Waals surface area contributed by atoms with Gasteiger partial charge >= 0.3 is 6.18 Å². The molecule has 0 aromatic heterocycles. The van der Waals surface area contributed by atoms with Gasteiger partial charge in [-0.25, -0.2) is 5.43 Å². The maximum atomic E-state index is 12.7. The minimum atomic E-state index is -4.47. The molecule has 156 valence electrons. The normalized spacial score (nSPS) is 20.3. The molecule has 1 amide bonds. The second-order valence-electron chi connectivity index (χ2n) is 6.76. The highest BCUT2D eigenvalue weighted by molar-refractivity contribution is 5.80. The summed E-state index contributed by atoms with van der Waals surface area (Å²) in [6.07, 6.45) is -5.53. The predicted octanol–water partition coefficient (Wildman–Crippen LogP) is 2.03. The van der Waals surface area contributed by atoms with Crippen LogP contribution in [0.25, 0.3) is 0 Å². The van der Waals surface area contributed by atoms with E-state index >= 15 is 0 Å². The first-order valence-electron chi connectivity index (χ1n) is 9.14. The van der Waals surface area contributed by atoms with E-state index in [9.17, 15) is 23.1 Å². The first-order valence-corrected chi connectivity index (χ1v) is 9.14. The highest BCUT2D eigenvalue weighted by Crippen LogP contribution is 2.31. The Morgan fingerprint density at radius 2 is 1.97 bits per heavy atom. The Morgan fingerprint density at radius 3 is 2.69 bits per heavy atom. The smallest absolute Gasteiger partial charge is 0.416 e. The number of carbonyl (C=O) groups is 1. The predicted molar refractivity (Wildman–Crippen MR) is 99.8 cm³/mol. The van der Waals surface area contributed by atoms with Gasteiger partial charge in [-0.15, -0.1) is 0 Å². The molecule has 3 unspecified atom stereocenters. The van der Waals surface area contributed by atoms with Crippen molar-refractivity contribution in [2.24, 2.45) is 5.92 Å². The number of carbonyl (C=O) groups excluding carboxylic acids is 1. The number of nitrogens with one attached hydrogen (secondary N) is 3. The van der Waals surface area contributed by atoms with Crippen molar-refractivity contribution in [3.63, 3.8) is 0 Å². The molecule has 6 nitrogen and oxygen atoms in total. The Labute approximate surface area is 166 Å². The first kappa shape index (κ1) is 21.1. The van der Waals surface area contributed by atoms with E-state index < -0.39 is 17.8 Å². The zero-order valence-corrected chi connectivity index (χ0v) is 15.4. The molecule has 0 spiro atoms. The van der Waals surface area contributed by atoms with E-state index in [1.165, 1.54) is 12.1 Å². The Bertz CT molecular complexity index is 817. The Morgan fingerprint density at radius 1 is 1.21 bits per heavy atom. The Hall–Kier alpha value is -2.62. The monoisotopic (exact) mass is 409 g/mol. The molecule has 2 aromatic rings. The third-order valence-corrected chi connectivity index (χ3v) is 4.59. The van der Waals surface area contributed by atoms with Crippen molar-refractivity contribution in [1.29, 1.82) is 0 Å². The van der Waals surface area contributed by atoms with E-state index in [0.29, 0.717) is 6.54 Å². The maximum Gasteiger partial charge on any atom is 0.416 e. The number of ether oxygens (including phenoxy) is 1. The number of aliphatic hydroxyl groups is 1. The molecular weight excluding hydrogens is 387 g/mol. The molecule has 0 saturated carbocycles. The van der Waals surface area contributed by atoms with E-state index in [-0.39, 0.29) is 36.8 Å². The van der Waals surface area contributed by atoms with Crippen molar-refractivity contribution >= 4 is 5.91 Å².